The summed E-state index contributed by atoms with van der Waals surface area (Å²) in [6, 6.07) is 15.3. The lowest BCUT2D eigenvalue weighted by molar-refractivity contribution is 0.416. The summed E-state index contributed by atoms with van der Waals surface area (Å²) < 4.78 is 20.2. The molecule has 0 bridgehead atoms. The second kappa shape index (κ2) is 7.19. The van der Waals surface area contributed by atoms with Gasteiger partial charge in [-0.15, -0.1) is 0 Å². The van der Waals surface area contributed by atoms with Crippen molar-refractivity contribution in [3.05, 3.63) is 82.0 Å². The number of para-hydroxylation sites is 2. The van der Waals surface area contributed by atoms with Gasteiger partial charge in [0.25, 0.3) is 5.56 Å². The van der Waals surface area contributed by atoms with Crippen molar-refractivity contribution in [3.8, 4) is 11.4 Å². The van der Waals surface area contributed by atoms with Crippen LogP contribution < -0.4 is 15.6 Å². The zero-order chi connectivity index (χ0) is 19.7. The van der Waals surface area contributed by atoms with Crippen molar-refractivity contribution >= 4 is 16.7 Å². The molecule has 2 aromatic heterocycles. The second-order valence-electron chi connectivity index (χ2n) is 6.41. The van der Waals surface area contributed by atoms with Gasteiger partial charge in [0.2, 0.25) is 0 Å². The number of hydrogen-bond acceptors (Lipinski definition) is 4. The molecule has 0 saturated heterocycles. The average Bonchev–Trinajstić information content (AvgIpc) is 3.02. The molecule has 0 fully saturated rings. The molecule has 2 N–H and O–H groups in total. The topological polar surface area (TPSA) is 71.9 Å². The first-order valence-corrected chi connectivity index (χ1v) is 8.81. The molecule has 4 aromatic rings. The van der Waals surface area contributed by atoms with E-state index >= 15 is 0 Å². The molecule has 0 radical (unpaired) electrons. The Morgan fingerprint density at radius 1 is 1.18 bits per heavy atom. The Balaban J connectivity index is 1.70. The van der Waals surface area contributed by atoms with Gasteiger partial charge in [-0.1, -0.05) is 12.1 Å². The summed E-state index contributed by atoms with van der Waals surface area (Å²) in [5.74, 6) is 0.385. The zero-order valence-corrected chi connectivity index (χ0v) is 15.5. The van der Waals surface area contributed by atoms with E-state index in [4.69, 9.17) is 4.74 Å². The maximum absolute atomic E-state index is 13.2. The van der Waals surface area contributed by atoms with Gasteiger partial charge in [0, 0.05) is 17.5 Å². The number of nitrogens with one attached hydrogen (secondary N) is 2. The quantitative estimate of drug-likeness (QED) is 0.554. The molecule has 28 heavy (non-hydrogen) atoms. The number of nitrogens with zero attached hydrogens (tertiary/aromatic N) is 2. The van der Waals surface area contributed by atoms with Crippen molar-refractivity contribution in [2.75, 3.05) is 12.4 Å². The number of fused-ring (bicyclic) bond motifs is 1. The molecule has 6 nitrogen and oxygen atoms in total. The van der Waals surface area contributed by atoms with E-state index < -0.39 is 0 Å². The van der Waals surface area contributed by atoms with E-state index in [1.807, 2.05) is 37.3 Å². The number of rotatable bonds is 5. The highest BCUT2D eigenvalue weighted by atomic mass is 19.1. The summed E-state index contributed by atoms with van der Waals surface area (Å²) in [5.41, 5.74) is 3.21. The minimum Gasteiger partial charge on any atom is -0.495 e. The molecular weight excluding hydrogens is 359 g/mol. The first-order chi connectivity index (χ1) is 13.6. The van der Waals surface area contributed by atoms with E-state index in [9.17, 15) is 9.18 Å². The zero-order valence-electron chi connectivity index (χ0n) is 15.5. The Kier molecular flexibility index (Phi) is 4.57. The van der Waals surface area contributed by atoms with E-state index in [2.05, 4.69) is 15.4 Å². The number of anilines is 1. The Labute approximate surface area is 160 Å². The summed E-state index contributed by atoms with van der Waals surface area (Å²) in [7, 11) is 1.60. The van der Waals surface area contributed by atoms with Gasteiger partial charge in [-0.2, -0.15) is 5.10 Å². The van der Waals surface area contributed by atoms with Gasteiger partial charge in [-0.3, -0.25) is 4.79 Å². The van der Waals surface area contributed by atoms with E-state index in [1.54, 1.807) is 23.9 Å². The smallest absolute Gasteiger partial charge is 0.254 e. The van der Waals surface area contributed by atoms with Crippen LogP contribution in [0.2, 0.25) is 0 Å². The second-order valence-corrected chi connectivity index (χ2v) is 6.41. The summed E-state index contributed by atoms with van der Waals surface area (Å²) in [6.07, 6.45) is 0. The summed E-state index contributed by atoms with van der Waals surface area (Å²) in [5, 5.41) is 8.57. The molecule has 0 aliphatic heterocycles. The van der Waals surface area contributed by atoms with Gasteiger partial charge >= 0.3 is 0 Å². The van der Waals surface area contributed by atoms with Crippen LogP contribution in [-0.2, 0) is 6.54 Å². The number of aromatic amines is 1. The molecule has 7 heteroatoms. The molecule has 0 aliphatic rings. The van der Waals surface area contributed by atoms with Crippen molar-refractivity contribution in [3.63, 3.8) is 0 Å². The van der Waals surface area contributed by atoms with E-state index in [0.717, 1.165) is 16.8 Å². The summed E-state index contributed by atoms with van der Waals surface area (Å²) >= 11 is 0. The van der Waals surface area contributed by atoms with Crippen LogP contribution in [0, 0.1) is 12.7 Å². The lowest BCUT2D eigenvalue weighted by Crippen LogP contribution is -2.16. The Morgan fingerprint density at radius 3 is 2.68 bits per heavy atom. The lowest BCUT2D eigenvalue weighted by Gasteiger charge is -2.10. The predicted octanol–water partition coefficient (Wildman–Crippen LogP) is 3.78. The van der Waals surface area contributed by atoms with Gasteiger partial charge in [0.05, 0.1) is 24.2 Å². The predicted molar refractivity (Wildman–Crippen MR) is 107 cm³/mol. The number of H-pyrrole nitrogens is 1. The molecule has 0 atom stereocenters. The van der Waals surface area contributed by atoms with Gasteiger partial charge in [0.15, 0.2) is 0 Å². The highest BCUT2D eigenvalue weighted by Gasteiger charge is 2.13. The van der Waals surface area contributed by atoms with Crippen molar-refractivity contribution in [2.45, 2.75) is 13.5 Å². The van der Waals surface area contributed by atoms with Gasteiger partial charge in [-0.25, -0.2) is 9.07 Å². The Morgan fingerprint density at radius 2 is 1.93 bits per heavy atom. The number of methoxy groups -OCH3 is 1. The Bertz CT molecular complexity index is 1200. The number of hydrogen-bond donors (Lipinski definition) is 2. The lowest BCUT2D eigenvalue weighted by atomic mass is 10.2. The fourth-order valence-corrected chi connectivity index (χ4v) is 3.14. The molecular formula is C21H19FN4O2. The third-order valence-electron chi connectivity index (χ3n) is 4.60. The van der Waals surface area contributed by atoms with Crippen molar-refractivity contribution in [1.82, 2.24) is 14.8 Å². The number of ether oxygens (including phenoxy) is 1. The van der Waals surface area contributed by atoms with Crippen LogP contribution in [0.5, 0.6) is 5.75 Å². The normalized spacial score (nSPS) is 11.0. The molecule has 0 spiro atoms. The average molecular weight is 378 g/mol. The van der Waals surface area contributed by atoms with E-state index in [1.165, 1.54) is 12.1 Å². The molecule has 0 saturated carbocycles. The van der Waals surface area contributed by atoms with Crippen LogP contribution in [0.3, 0.4) is 0 Å². The van der Waals surface area contributed by atoms with Crippen LogP contribution in [0.1, 0.15) is 11.3 Å². The van der Waals surface area contributed by atoms with Crippen molar-refractivity contribution in [2.24, 2.45) is 0 Å². The van der Waals surface area contributed by atoms with Crippen LogP contribution in [0.4, 0.5) is 10.1 Å². The van der Waals surface area contributed by atoms with E-state index in [-0.39, 0.29) is 11.4 Å². The maximum Gasteiger partial charge on any atom is 0.254 e. The standard InChI is InChI=1S/C21H19FN4O2/c1-13-17-11-14(12-23-18-5-3-4-6-19(18)28-2)21(27)24-20(17)26(25-13)16-9-7-15(22)8-10-16/h3-11,23H,12H2,1-2H3,(H,24,27). The first-order valence-electron chi connectivity index (χ1n) is 8.81. The highest BCUT2D eigenvalue weighted by Crippen LogP contribution is 2.24. The number of aromatic nitrogens is 3. The van der Waals surface area contributed by atoms with Crippen LogP contribution in [0.15, 0.2) is 59.4 Å². The minimum atomic E-state index is -0.324. The molecule has 2 aromatic carbocycles. The summed E-state index contributed by atoms with van der Waals surface area (Å²) in [6.45, 7) is 2.21. The van der Waals surface area contributed by atoms with Gasteiger partial charge in [0.1, 0.15) is 17.2 Å². The molecule has 0 aliphatic carbocycles. The van der Waals surface area contributed by atoms with Crippen molar-refractivity contribution in [1.29, 1.82) is 0 Å². The SMILES string of the molecule is COc1ccccc1NCc1cc2c(C)nn(-c3ccc(F)cc3)c2[nH]c1=O. The number of pyridine rings is 1. The minimum absolute atomic E-state index is 0.210. The maximum atomic E-state index is 13.2. The fourth-order valence-electron chi connectivity index (χ4n) is 3.14. The number of aryl methyl sites for hydroxylation is 1. The third kappa shape index (κ3) is 3.22. The third-order valence-corrected chi connectivity index (χ3v) is 4.60. The Hall–Kier alpha value is -3.61. The largest absolute Gasteiger partial charge is 0.495 e. The molecule has 142 valence electrons. The monoisotopic (exact) mass is 378 g/mol. The van der Waals surface area contributed by atoms with Crippen LogP contribution >= 0.6 is 0 Å². The summed E-state index contributed by atoms with van der Waals surface area (Å²) in [4.78, 5) is 15.5. The molecule has 4 rings (SSSR count). The fraction of sp³-hybridized carbons (Fsp3) is 0.143. The molecule has 0 unspecified atom stereocenters. The number of halogens is 1. The van der Waals surface area contributed by atoms with Crippen molar-refractivity contribution < 1.29 is 9.13 Å². The van der Waals surface area contributed by atoms with Gasteiger partial charge in [-0.05, 0) is 49.4 Å². The number of benzene rings is 2. The van der Waals surface area contributed by atoms with Crippen LogP contribution in [0.25, 0.3) is 16.7 Å². The highest BCUT2D eigenvalue weighted by molar-refractivity contribution is 5.80. The van der Waals surface area contributed by atoms with E-state index in [0.29, 0.717) is 29.2 Å². The van der Waals surface area contributed by atoms with Crippen LogP contribution in [-0.4, -0.2) is 21.9 Å². The molecule has 0 amide bonds. The van der Waals surface area contributed by atoms with Gasteiger partial charge < -0.3 is 15.0 Å². The first kappa shape index (κ1) is 17.8. The molecule has 2 heterocycles.